The molecule has 0 saturated carbocycles. The van der Waals surface area contributed by atoms with Crippen LogP contribution >= 0.6 is 0 Å². The third kappa shape index (κ3) is 5.41. The van der Waals surface area contributed by atoms with Crippen molar-refractivity contribution in [1.82, 2.24) is 5.32 Å². The molecule has 0 saturated heterocycles. The van der Waals surface area contributed by atoms with Gasteiger partial charge in [0.2, 0.25) is 0 Å². The Labute approximate surface area is 114 Å². The summed E-state index contributed by atoms with van der Waals surface area (Å²) >= 11 is 0. The Bertz CT molecular complexity index is 398. The molecule has 1 amide bonds. The van der Waals surface area contributed by atoms with Gasteiger partial charge in [0.05, 0.1) is 12.6 Å². The fourth-order valence-corrected chi connectivity index (χ4v) is 1.97. The summed E-state index contributed by atoms with van der Waals surface area (Å²) in [4.78, 5) is 11.9. The van der Waals surface area contributed by atoms with Crippen LogP contribution in [0.2, 0.25) is 0 Å². The van der Waals surface area contributed by atoms with Crippen LogP contribution in [0.3, 0.4) is 0 Å². The van der Waals surface area contributed by atoms with Gasteiger partial charge in [0.1, 0.15) is 0 Å². The van der Waals surface area contributed by atoms with Crippen LogP contribution in [-0.4, -0.2) is 28.8 Å². The lowest BCUT2D eigenvalue weighted by Crippen LogP contribution is -2.42. The maximum absolute atomic E-state index is 11.9. The number of nitrogens with one attached hydrogen (secondary N) is 1. The van der Waals surface area contributed by atoms with Gasteiger partial charge in [-0.15, -0.1) is 0 Å². The van der Waals surface area contributed by atoms with E-state index in [1.807, 2.05) is 26.8 Å². The molecule has 0 unspecified atom stereocenters. The second-order valence-electron chi connectivity index (χ2n) is 5.97. The smallest absolute Gasteiger partial charge is 0.253 e. The molecule has 2 atom stereocenters. The zero-order valence-electron chi connectivity index (χ0n) is 11.8. The van der Waals surface area contributed by atoms with E-state index in [1.54, 1.807) is 24.3 Å². The van der Waals surface area contributed by atoms with Gasteiger partial charge < -0.3 is 15.5 Å². The van der Waals surface area contributed by atoms with Crippen molar-refractivity contribution in [2.45, 2.75) is 39.3 Å². The van der Waals surface area contributed by atoms with E-state index in [-0.39, 0.29) is 18.1 Å². The Balaban J connectivity index is 2.63. The largest absolute Gasteiger partial charge is 0.394 e. The van der Waals surface area contributed by atoms with Crippen molar-refractivity contribution in [2.75, 3.05) is 6.61 Å². The van der Waals surface area contributed by atoms with E-state index in [0.717, 1.165) is 0 Å². The first-order valence-corrected chi connectivity index (χ1v) is 6.48. The molecular formula is C15H23NO3. The average Bonchev–Trinajstić information content (AvgIpc) is 2.36. The molecule has 0 aliphatic heterocycles. The maximum Gasteiger partial charge on any atom is 0.253 e. The van der Waals surface area contributed by atoms with Crippen molar-refractivity contribution >= 4 is 5.91 Å². The standard InChI is InChI=1S/C15H23NO3/c1-15(2,3)9-12(10-17)16-14(19)13(18)11-7-5-4-6-8-11/h4-8,12-13,17-18H,9-10H2,1-3H3,(H,16,19)/t12-,13-/m0/s1. The molecule has 1 aromatic carbocycles. The van der Waals surface area contributed by atoms with Crippen LogP contribution in [-0.2, 0) is 4.79 Å². The maximum atomic E-state index is 11.9. The van der Waals surface area contributed by atoms with Gasteiger partial charge in [-0.3, -0.25) is 4.79 Å². The van der Waals surface area contributed by atoms with E-state index in [2.05, 4.69) is 5.32 Å². The predicted molar refractivity (Wildman–Crippen MR) is 74.5 cm³/mol. The molecule has 106 valence electrons. The van der Waals surface area contributed by atoms with Crippen molar-refractivity contribution in [3.63, 3.8) is 0 Å². The number of benzene rings is 1. The van der Waals surface area contributed by atoms with Crippen LogP contribution in [0.1, 0.15) is 38.9 Å². The average molecular weight is 265 g/mol. The normalized spacial score (nSPS) is 14.8. The number of amides is 1. The molecular weight excluding hydrogens is 242 g/mol. The van der Waals surface area contributed by atoms with Crippen LogP contribution in [0.15, 0.2) is 30.3 Å². The molecule has 0 aromatic heterocycles. The fourth-order valence-electron chi connectivity index (χ4n) is 1.97. The van der Waals surface area contributed by atoms with E-state index in [1.165, 1.54) is 0 Å². The van der Waals surface area contributed by atoms with Gasteiger partial charge in [-0.1, -0.05) is 51.1 Å². The molecule has 0 aliphatic rings. The quantitative estimate of drug-likeness (QED) is 0.758. The van der Waals surface area contributed by atoms with Gasteiger partial charge in [-0.25, -0.2) is 0 Å². The number of rotatable bonds is 5. The highest BCUT2D eigenvalue weighted by Gasteiger charge is 2.23. The lowest BCUT2D eigenvalue weighted by atomic mass is 9.88. The monoisotopic (exact) mass is 265 g/mol. The summed E-state index contributed by atoms with van der Waals surface area (Å²) in [5, 5.41) is 21.9. The van der Waals surface area contributed by atoms with Gasteiger partial charge in [0.15, 0.2) is 6.10 Å². The van der Waals surface area contributed by atoms with Crippen LogP contribution < -0.4 is 5.32 Å². The van der Waals surface area contributed by atoms with Crippen LogP contribution in [0.5, 0.6) is 0 Å². The highest BCUT2D eigenvalue weighted by atomic mass is 16.3. The number of hydrogen-bond acceptors (Lipinski definition) is 3. The first-order chi connectivity index (χ1) is 8.83. The predicted octanol–water partition coefficient (Wildman–Crippen LogP) is 1.63. The van der Waals surface area contributed by atoms with Gasteiger partial charge >= 0.3 is 0 Å². The first-order valence-electron chi connectivity index (χ1n) is 6.48. The highest BCUT2D eigenvalue weighted by Crippen LogP contribution is 2.21. The van der Waals surface area contributed by atoms with E-state index in [0.29, 0.717) is 12.0 Å². The Morgan fingerprint density at radius 1 is 1.26 bits per heavy atom. The zero-order chi connectivity index (χ0) is 14.5. The Kier molecular flexibility index (Phi) is 5.51. The van der Waals surface area contributed by atoms with E-state index in [9.17, 15) is 15.0 Å². The zero-order valence-corrected chi connectivity index (χ0v) is 11.8. The van der Waals surface area contributed by atoms with E-state index in [4.69, 9.17) is 0 Å². The fraction of sp³-hybridized carbons (Fsp3) is 0.533. The number of aliphatic hydroxyl groups excluding tert-OH is 2. The van der Waals surface area contributed by atoms with Gasteiger partial charge in [-0.05, 0) is 17.4 Å². The van der Waals surface area contributed by atoms with Gasteiger partial charge in [-0.2, -0.15) is 0 Å². The summed E-state index contributed by atoms with van der Waals surface area (Å²) in [6.07, 6.45) is -0.549. The number of carbonyl (C=O) groups is 1. The molecule has 0 radical (unpaired) electrons. The van der Waals surface area contributed by atoms with Crippen LogP contribution in [0.4, 0.5) is 0 Å². The summed E-state index contributed by atoms with van der Waals surface area (Å²) in [6.45, 7) is 5.98. The minimum absolute atomic E-state index is 0.00161. The number of aliphatic hydroxyl groups is 2. The molecule has 0 bridgehead atoms. The Morgan fingerprint density at radius 2 is 1.84 bits per heavy atom. The summed E-state index contributed by atoms with van der Waals surface area (Å²) in [5.74, 6) is -0.477. The lowest BCUT2D eigenvalue weighted by molar-refractivity contribution is -0.130. The highest BCUT2D eigenvalue weighted by molar-refractivity contribution is 5.82. The van der Waals surface area contributed by atoms with E-state index >= 15 is 0 Å². The van der Waals surface area contributed by atoms with Crippen molar-refractivity contribution in [2.24, 2.45) is 5.41 Å². The topological polar surface area (TPSA) is 69.6 Å². The summed E-state index contributed by atoms with van der Waals surface area (Å²) in [7, 11) is 0. The number of carbonyl (C=O) groups excluding carboxylic acids is 1. The lowest BCUT2D eigenvalue weighted by Gasteiger charge is -2.26. The Hall–Kier alpha value is -1.39. The Morgan fingerprint density at radius 3 is 2.32 bits per heavy atom. The van der Waals surface area contributed by atoms with Crippen molar-refractivity contribution in [3.05, 3.63) is 35.9 Å². The minimum Gasteiger partial charge on any atom is -0.394 e. The van der Waals surface area contributed by atoms with Crippen molar-refractivity contribution in [3.8, 4) is 0 Å². The molecule has 0 fully saturated rings. The summed E-state index contributed by atoms with van der Waals surface area (Å²) in [5.41, 5.74) is 0.547. The molecule has 4 heteroatoms. The molecule has 0 heterocycles. The molecule has 1 rings (SSSR count). The molecule has 0 spiro atoms. The van der Waals surface area contributed by atoms with Crippen LogP contribution in [0.25, 0.3) is 0 Å². The second-order valence-corrected chi connectivity index (χ2v) is 5.97. The van der Waals surface area contributed by atoms with E-state index < -0.39 is 12.0 Å². The third-order valence-electron chi connectivity index (χ3n) is 2.79. The third-order valence-corrected chi connectivity index (χ3v) is 2.79. The molecule has 19 heavy (non-hydrogen) atoms. The molecule has 3 N–H and O–H groups in total. The summed E-state index contributed by atoms with van der Waals surface area (Å²) < 4.78 is 0. The van der Waals surface area contributed by atoms with Gasteiger partial charge in [0.25, 0.3) is 5.91 Å². The molecule has 0 aliphatic carbocycles. The summed E-state index contributed by atoms with van der Waals surface area (Å²) in [6, 6.07) is 8.41. The SMILES string of the molecule is CC(C)(C)C[C@@H](CO)NC(=O)[C@@H](O)c1ccccc1. The second kappa shape index (κ2) is 6.68. The van der Waals surface area contributed by atoms with Crippen molar-refractivity contribution in [1.29, 1.82) is 0 Å². The minimum atomic E-state index is -1.20. The van der Waals surface area contributed by atoms with Gasteiger partial charge in [0, 0.05) is 0 Å². The first kappa shape index (κ1) is 15.7. The van der Waals surface area contributed by atoms with Crippen molar-refractivity contribution < 1.29 is 15.0 Å². The number of hydrogen-bond donors (Lipinski definition) is 3. The molecule has 1 aromatic rings. The van der Waals surface area contributed by atoms with Crippen LogP contribution in [0, 0.1) is 5.41 Å². The molecule has 4 nitrogen and oxygen atoms in total.